The molecule has 0 saturated heterocycles. The third-order valence-electron chi connectivity index (χ3n) is 1.72. The Morgan fingerprint density at radius 2 is 2.12 bits per heavy atom. The highest BCUT2D eigenvalue weighted by atomic mass is 16.5. The van der Waals surface area contributed by atoms with Crippen LogP contribution in [0.4, 0.5) is 4.79 Å². The first-order valence-corrected chi connectivity index (χ1v) is 4.78. The lowest BCUT2D eigenvalue weighted by atomic mass is 10.3. The molecule has 0 fully saturated rings. The minimum absolute atomic E-state index is 0.0723. The van der Waals surface area contributed by atoms with Gasteiger partial charge in [0.15, 0.2) is 6.10 Å². The van der Waals surface area contributed by atoms with Crippen LogP contribution in [0.5, 0.6) is 0 Å². The summed E-state index contributed by atoms with van der Waals surface area (Å²) in [5.41, 5.74) is 0. The van der Waals surface area contributed by atoms with E-state index in [1.54, 1.807) is 6.92 Å². The Labute approximate surface area is 94.4 Å². The topological polar surface area (TPSA) is 87.7 Å². The van der Waals surface area contributed by atoms with Gasteiger partial charge >= 0.3 is 12.0 Å². The number of methoxy groups -OCH3 is 1. The normalized spacial score (nSPS) is 10.9. The van der Waals surface area contributed by atoms with Gasteiger partial charge in [0.1, 0.15) is 0 Å². The summed E-state index contributed by atoms with van der Waals surface area (Å²) in [6.07, 6.45) is -0.461. The minimum Gasteiger partial charge on any atom is -0.479 e. The molecule has 0 heterocycles. The highest BCUT2D eigenvalue weighted by Crippen LogP contribution is 1.87. The molecule has 0 saturated carbocycles. The van der Waals surface area contributed by atoms with Gasteiger partial charge in [-0.1, -0.05) is 0 Å². The summed E-state index contributed by atoms with van der Waals surface area (Å²) in [6, 6.07) is -0.429. The molecule has 0 aliphatic rings. The largest absolute Gasteiger partial charge is 0.479 e. The summed E-state index contributed by atoms with van der Waals surface area (Å²) in [5, 5.41) is 13.5. The first-order valence-electron chi connectivity index (χ1n) is 4.78. The van der Waals surface area contributed by atoms with Crippen molar-refractivity contribution >= 4 is 12.0 Å². The van der Waals surface area contributed by atoms with Crippen LogP contribution in [0.2, 0.25) is 0 Å². The molecule has 0 aromatic heterocycles. The zero-order chi connectivity index (χ0) is 12.4. The number of carboxylic acid groups (broad SMARTS) is 1. The van der Waals surface area contributed by atoms with E-state index in [0.717, 1.165) is 0 Å². The SMILES string of the molecule is CC#CCCNC(=O)NCC(OC)C(=O)O. The first kappa shape index (κ1) is 14.3. The zero-order valence-electron chi connectivity index (χ0n) is 9.37. The maximum atomic E-state index is 11.1. The van der Waals surface area contributed by atoms with Gasteiger partial charge in [-0.3, -0.25) is 0 Å². The Balaban J connectivity index is 3.70. The number of urea groups is 1. The molecule has 16 heavy (non-hydrogen) atoms. The summed E-state index contributed by atoms with van der Waals surface area (Å²) >= 11 is 0. The number of carbonyl (C=O) groups excluding carboxylic acids is 1. The van der Waals surface area contributed by atoms with E-state index in [9.17, 15) is 9.59 Å². The molecule has 6 nitrogen and oxygen atoms in total. The molecule has 0 aromatic carbocycles. The molecule has 3 N–H and O–H groups in total. The number of rotatable bonds is 6. The quantitative estimate of drug-likeness (QED) is 0.434. The zero-order valence-corrected chi connectivity index (χ0v) is 9.37. The van der Waals surface area contributed by atoms with Crippen molar-refractivity contribution in [3.8, 4) is 11.8 Å². The van der Waals surface area contributed by atoms with E-state index in [2.05, 4.69) is 27.2 Å². The fourth-order valence-electron chi connectivity index (χ4n) is 0.883. The number of carboxylic acids is 1. The lowest BCUT2D eigenvalue weighted by molar-refractivity contribution is -0.147. The number of hydrogen-bond acceptors (Lipinski definition) is 3. The monoisotopic (exact) mass is 228 g/mol. The van der Waals surface area contributed by atoms with Crippen molar-refractivity contribution in [1.82, 2.24) is 10.6 Å². The number of aliphatic carboxylic acids is 1. The fraction of sp³-hybridized carbons (Fsp3) is 0.600. The lowest BCUT2D eigenvalue weighted by Gasteiger charge is -2.11. The molecule has 0 aromatic rings. The maximum Gasteiger partial charge on any atom is 0.334 e. The van der Waals surface area contributed by atoms with Crippen LogP contribution >= 0.6 is 0 Å². The van der Waals surface area contributed by atoms with Gasteiger partial charge in [0.25, 0.3) is 0 Å². The maximum absolute atomic E-state index is 11.1. The second-order valence-electron chi connectivity index (χ2n) is 2.88. The van der Waals surface area contributed by atoms with Gasteiger partial charge < -0.3 is 20.5 Å². The van der Waals surface area contributed by atoms with E-state index in [0.29, 0.717) is 13.0 Å². The summed E-state index contributed by atoms with van der Waals surface area (Å²) in [6.45, 7) is 2.07. The van der Waals surface area contributed by atoms with E-state index in [4.69, 9.17) is 5.11 Å². The van der Waals surface area contributed by atoms with Gasteiger partial charge in [-0.2, -0.15) is 0 Å². The highest BCUT2D eigenvalue weighted by Gasteiger charge is 2.16. The molecular formula is C10H16N2O4. The predicted octanol–water partition coefficient (Wildman–Crippen LogP) is -0.201. The average molecular weight is 228 g/mol. The van der Waals surface area contributed by atoms with Gasteiger partial charge in [0, 0.05) is 20.1 Å². The van der Waals surface area contributed by atoms with Crippen molar-refractivity contribution in [2.24, 2.45) is 0 Å². The fourth-order valence-corrected chi connectivity index (χ4v) is 0.883. The molecule has 0 aliphatic carbocycles. The highest BCUT2D eigenvalue weighted by molar-refractivity contribution is 5.76. The van der Waals surface area contributed by atoms with E-state index in [1.165, 1.54) is 7.11 Å². The Bertz CT molecular complexity index is 293. The van der Waals surface area contributed by atoms with Gasteiger partial charge in [0.2, 0.25) is 0 Å². The van der Waals surface area contributed by atoms with Gasteiger partial charge in [-0.05, 0) is 6.92 Å². The summed E-state index contributed by atoms with van der Waals surface area (Å²) in [4.78, 5) is 21.7. The molecule has 6 heteroatoms. The second-order valence-corrected chi connectivity index (χ2v) is 2.88. The Hall–Kier alpha value is -1.74. The standard InChI is InChI=1S/C10H16N2O4/c1-3-4-5-6-11-10(15)12-7-8(16-2)9(13)14/h8H,5-7H2,1-2H3,(H,13,14)(H2,11,12,15). The van der Waals surface area contributed by atoms with Crippen molar-refractivity contribution in [2.45, 2.75) is 19.4 Å². The third kappa shape index (κ3) is 6.68. The molecule has 90 valence electrons. The molecule has 0 aliphatic heterocycles. The first-order chi connectivity index (χ1) is 7.61. The molecule has 0 rings (SSSR count). The van der Waals surface area contributed by atoms with Crippen molar-refractivity contribution in [3.05, 3.63) is 0 Å². The van der Waals surface area contributed by atoms with Crippen LogP contribution in [0.3, 0.4) is 0 Å². The lowest BCUT2D eigenvalue weighted by Crippen LogP contribution is -2.42. The Morgan fingerprint density at radius 3 is 2.62 bits per heavy atom. The Morgan fingerprint density at radius 1 is 1.44 bits per heavy atom. The molecule has 1 unspecified atom stereocenters. The van der Waals surface area contributed by atoms with Crippen LogP contribution < -0.4 is 10.6 Å². The number of nitrogens with one attached hydrogen (secondary N) is 2. The summed E-state index contributed by atoms with van der Waals surface area (Å²) in [7, 11) is 1.27. The van der Waals surface area contributed by atoms with Crippen LogP contribution in [0.25, 0.3) is 0 Å². The van der Waals surface area contributed by atoms with Crippen molar-refractivity contribution in [3.63, 3.8) is 0 Å². The van der Waals surface area contributed by atoms with E-state index in [-0.39, 0.29) is 6.54 Å². The van der Waals surface area contributed by atoms with Crippen LogP contribution in [0.1, 0.15) is 13.3 Å². The molecular weight excluding hydrogens is 212 g/mol. The molecule has 2 amide bonds. The van der Waals surface area contributed by atoms with Crippen LogP contribution in [0, 0.1) is 11.8 Å². The number of hydrogen-bond donors (Lipinski definition) is 3. The summed E-state index contributed by atoms with van der Waals surface area (Å²) in [5.74, 6) is 4.37. The number of carbonyl (C=O) groups is 2. The second kappa shape index (κ2) is 8.56. The smallest absolute Gasteiger partial charge is 0.334 e. The predicted molar refractivity (Wildman–Crippen MR) is 57.9 cm³/mol. The molecule has 0 radical (unpaired) electrons. The van der Waals surface area contributed by atoms with E-state index >= 15 is 0 Å². The van der Waals surface area contributed by atoms with Crippen LogP contribution in [0.15, 0.2) is 0 Å². The minimum atomic E-state index is -1.11. The van der Waals surface area contributed by atoms with Gasteiger partial charge in [-0.25, -0.2) is 9.59 Å². The van der Waals surface area contributed by atoms with Crippen molar-refractivity contribution < 1.29 is 19.4 Å². The van der Waals surface area contributed by atoms with Crippen LogP contribution in [-0.2, 0) is 9.53 Å². The van der Waals surface area contributed by atoms with Crippen molar-refractivity contribution in [1.29, 1.82) is 0 Å². The molecule has 0 bridgehead atoms. The average Bonchev–Trinajstić information content (AvgIpc) is 2.25. The third-order valence-corrected chi connectivity index (χ3v) is 1.72. The van der Waals surface area contributed by atoms with Gasteiger partial charge in [-0.15, -0.1) is 11.8 Å². The van der Waals surface area contributed by atoms with Crippen LogP contribution in [-0.4, -0.2) is 43.4 Å². The molecule has 0 spiro atoms. The van der Waals surface area contributed by atoms with E-state index < -0.39 is 18.1 Å². The number of amides is 2. The van der Waals surface area contributed by atoms with E-state index in [1.807, 2.05) is 0 Å². The van der Waals surface area contributed by atoms with Crippen molar-refractivity contribution in [2.75, 3.05) is 20.2 Å². The molecule has 1 atom stereocenters. The Kier molecular flexibility index (Phi) is 7.63. The van der Waals surface area contributed by atoms with Gasteiger partial charge in [0.05, 0.1) is 6.54 Å². The number of ether oxygens (including phenoxy) is 1. The summed E-state index contributed by atoms with van der Waals surface area (Å²) < 4.78 is 4.64.